The number of methoxy groups -OCH3 is 1. The second-order valence-corrected chi connectivity index (χ2v) is 9.66. The van der Waals surface area contributed by atoms with Gasteiger partial charge in [-0.25, -0.2) is 9.78 Å². The molecule has 3 aromatic rings. The van der Waals surface area contributed by atoms with Gasteiger partial charge < -0.3 is 34.1 Å². The molecule has 2 aromatic heterocycles. The zero-order chi connectivity index (χ0) is 26.0. The number of likely N-dealkylation sites (tertiary alicyclic amines) is 1. The van der Waals surface area contributed by atoms with Crippen molar-refractivity contribution in [2.75, 3.05) is 13.7 Å². The standard InChI is InChI=1S/C25H32N4O7/c1-25(2,3)36-24(33)29-17(11-30)21(31)22(32)19(29)16-10-28(14-35-12-15-8-6-5-7-9-15)20-18(16)26-13-27-23(20)34-4/h5-10,13,17,19,21-22,30-32H,11-12,14H2,1-4H3. The number of aliphatic hydroxyl groups excluding tert-OH is 3. The molecule has 194 valence electrons. The van der Waals surface area contributed by atoms with E-state index in [9.17, 15) is 20.1 Å². The third-order valence-electron chi connectivity index (χ3n) is 6.01. The summed E-state index contributed by atoms with van der Waals surface area (Å²) in [6.45, 7) is 5.04. The highest BCUT2D eigenvalue weighted by Gasteiger charge is 2.52. The molecule has 1 fully saturated rings. The molecule has 0 radical (unpaired) electrons. The number of ether oxygens (including phenoxy) is 3. The molecule has 0 saturated carbocycles. The molecule has 1 saturated heterocycles. The Balaban J connectivity index is 1.75. The maximum atomic E-state index is 13.2. The first-order valence-corrected chi connectivity index (χ1v) is 11.6. The molecular weight excluding hydrogens is 468 g/mol. The quantitative estimate of drug-likeness (QED) is 0.444. The number of hydrogen-bond acceptors (Lipinski definition) is 9. The lowest BCUT2D eigenvalue weighted by molar-refractivity contribution is -0.000836. The molecule has 3 heterocycles. The van der Waals surface area contributed by atoms with Gasteiger partial charge in [0.1, 0.15) is 41.9 Å². The summed E-state index contributed by atoms with van der Waals surface area (Å²) >= 11 is 0. The van der Waals surface area contributed by atoms with Crippen molar-refractivity contribution in [2.45, 2.75) is 64.0 Å². The molecule has 36 heavy (non-hydrogen) atoms. The van der Waals surface area contributed by atoms with Gasteiger partial charge in [0.2, 0.25) is 5.88 Å². The van der Waals surface area contributed by atoms with Crippen LogP contribution >= 0.6 is 0 Å². The summed E-state index contributed by atoms with van der Waals surface area (Å²) in [5.41, 5.74) is 1.51. The number of benzene rings is 1. The molecule has 4 unspecified atom stereocenters. The van der Waals surface area contributed by atoms with Crippen LogP contribution in [0.5, 0.6) is 5.88 Å². The second kappa shape index (κ2) is 10.4. The molecule has 3 N–H and O–H groups in total. The summed E-state index contributed by atoms with van der Waals surface area (Å²) in [5, 5.41) is 31.7. The van der Waals surface area contributed by atoms with Crippen molar-refractivity contribution in [1.82, 2.24) is 19.4 Å². The van der Waals surface area contributed by atoms with Gasteiger partial charge in [0.15, 0.2) is 0 Å². The Labute approximate surface area is 208 Å². The third kappa shape index (κ3) is 5.00. The number of rotatable bonds is 7. The minimum absolute atomic E-state index is 0.108. The second-order valence-electron chi connectivity index (χ2n) is 9.66. The van der Waals surface area contributed by atoms with Crippen molar-refractivity contribution < 1.29 is 34.3 Å². The van der Waals surface area contributed by atoms with Crippen molar-refractivity contribution in [3.05, 3.63) is 54.0 Å². The van der Waals surface area contributed by atoms with Crippen molar-refractivity contribution in [3.63, 3.8) is 0 Å². The zero-order valence-electron chi connectivity index (χ0n) is 20.7. The van der Waals surface area contributed by atoms with Gasteiger partial charge in [0.05, 0.1) is 32.4 Å². The van der Waals surface area contributed by atoms with E-state index >= 15 is 0 Å². The van der Waals surface area contributed by atoms with Crippen molar-refractivity contribution >= 4 is 17.1 Å². The smallest absolute Gasteiger partial charge is 0.411 e. The monoisotopic (exact) mass is 500 g/mol. The van der Waals surface area contributed by atoms with E-state index in [1.54, 1.807) is 31.5 Å². The Hall–Kier alpha value is -3.25. The number of hydrogen-bond donors (Lipinski definition) is 3. The minimum Gasteiger partial charge on any atom is -0.479 e. The fourth-order valence-electron chi connectivity index (χ4n) is 4.47. The van der Waals surface area contributed by atoms with E-state index in [0.717, 1.165) is 5.56 Å². The van der Waals surface area contributed by atoms with Crippen molar-refractivity contribution in [3.8, 4) is 5.88 Å². The fourth-order valence-corrected chi connectivity index (χ4v) is 4.47. The molecule has 1 amide bonds. The van der Waals surface area contributed by atoms with Crippen molar-refractivity contribution in [2.24, 2.45) is 0 Å². The van der Waals surface area contributed by atoms with Gasteiger partial charge in [-0.3, -0.25) is 4.90 Å². The van der Waals surface area contributed by atoms with E-state index < -0.39 is 42.6 Å². The van der Waals surface area contributed by atoms with Crippen LogP contribution < -0.4 is 4.74 Å². The highest BCUT2D eigenvalue weighted by molar-refractivity contribution is 5.85. The summed E-state index contributed by atoms with van der Waals surface area (Å²) in [6.07, 6.45) is -0.572. The molecule has 0 bridgehead atoms. The molecular formula is C25H32N4O7. The number of carbonyl (C=O) groups is 1. The van der Waals surface area contributed by atoms with Gasteiger partial charge in [-0.1, -0.05) is 30.3 Å². The minimum atomic E-state index is -1.40. The van der Waals surface area contributed by atoms with E-state index in [-0.39, 0.29) is 12.6 Å². The van der Waals surface area contributed by atoms with Gasteiger partial charge in [-0.05, 0) is 26.3 Å². The summed E-state index contributed by atoms with van der Waals surface area (Å²) < 4.78 is 18.6. The molecule has 11 heteroatoms. The fraction of sp³-hybridized carbons (Fsp3) is 0.480. The molecule has 1 aliphatic rings. The average Bonchev–Trinajstić information content (AvgIpc) is 3.33. The van der Waals surface area contributed by atoms with Gasteiger partial charge in [0.25, 0.3) is 0 Å². The number of aromatic nitrogens is 3. The van der Waals surface area contributed by atoms with Gasteiger partial charge in [0, 0.05) is 11.8 Å². The predicted molar refractivity (Wildman–Crippen MR) is 129 cm³/mol. The van der Waals surface area contributed by atoms with Crippen LogP contribution in [0.4, 0.5) is 4.79 Å². The van der Waals surface area contributed by atoms with E-state index in [1.807, 2.05) is 30.3 Å². The first kappa shape index (κ1) is 25.8. The predicted octanol–water partition coefficient (Wildman–Crippen LogP) is 1.99. The summed E-state index contributed by atoms with van der Waals surface area (Å²) in [6, 6.07) is 7.55. The molecule has 11 nitrogen and oxygen atoms in total. The largest absolute Gasteiger partial charge is 0.479 e. The van der Waals surface area contributed by atoms with E-state index in [1.165, 1.54) is 18.3 Å². The van der Waals surface area contributed by atoms with Crippen molar-refractivity contribution in [1.29, 1.82) is 0 Å². The lowest BCUT2D eigenvalue weighted by Crippen LogP contribution is -2.45. The lowest BCUT2D eigenvalue weighted by Gasteiger charge is -2.32. The van der Waals surface area contributed by atoms with Crippen LogP contribution in [0.3, 0.4) is 0 Å². The molecule has 0 spiro atoms. The number of aliphatic hydroxyl groups is 3. The van der Waals surface area contributed by atoms with E-state index in [4.69, 9.17) is 14.2 Å². The number of fused-ring (bicyclic) bond motifs is 1. The third-order valence-corrected chi connectivity index (χ3v) is 6.01. The van der Waals surface area contributed by atoms with Crippen LogP contribution in [-0.4, -0.2) is 78.4 Å². The molecule has 0 aliphatic carbocycles. The SMILES string of the molecule is COc1ncnc2c(C3C(O)C(O)C(CO)N3C(=O)OC(C)(C)C)cn(COCc3ccccc3)c12. The molecule has 4 atom stereocenters. The maximum absolute atomic E-state index is 13.2. The topological polar surface area (TPSA) is 139 Å². The first-order chi connectivity index (χ1) is 17.2. The normalized spacial score (nSPS) is 22.2. The van der Waals surface area contributed by atoms with Gasteiger partial charge in [-0.15, -0.1) is 0 Å². The van der Waals surface area contributed by atoms with Crippen LogP contribution in [0.15, 0.2) is 42.9 Å². The molecule has 4 rings (SSSR count). The zero-order valence-corrected chi connectivity index (χ0v) is 20.7. The number of amides is 1. The maximum Gasteiger partial charge on any atom is 0.411 e. The van der Waals surface area contributed by atoms with E-state index in [0.29, 0.717) is 23.2 Å². The Morgan fingerprint density at radius 1 is 1.11 bits per heavy atom. The van der Waals surface area contributed by atoms with Gasteiger partial charge in [-0.2, -0.15) is 4.98 Å². The summed E-state index contributed by atoms with van der Waals surface area (Å²) in [4.78, 5) is 23.0. The van der Waals surface area contributed by atoms with Crippen LogP contribution in [0.25, 0.3) is 11.0 Å². The van der Waals surface area contributed by atoms with E-state index in [2.05, 4.69) is 9.97 Å². The number of carbonyl (C=O) groups excluding carboxylic acids is 1. The van der Waals surface area contributed by atoms with Crippen LogP contribution in [0, 0.1) is 0 Å². The lowest BCUT2D eigenvalue weighted by atomic mass is 10.0. The number of nitrogens with zero attached hydrogens (tertiary/aromatic N) is 4. The Morgan fingerprint density at radius 3 is 2.47 bits per heavy atom. The summed E-state index contributed by atoms with van der Waals surface area (Å²) in [5.74, 6) is 0.283. The highest BCUT2D eigenvalue weighted by atomic mass is 16.6. The first-order valence-electron chi connectivity index (χ1n) is 11.6. The molecule has 1 aromatic carbocycles. The van der Waals surface area contributed by atoms with Crippen LogP contribution in [0.2, 0.25) is 0 Å². The summed E-state index contributed by atoms with van der Waals surface area (Å²) in [7, 11) is 1.48. The average molecular weight is 501 g/mol. The van der Waals surface area contributed by atoms with Gasteiger partial charge >= 0.3 is 6.09 Å². The highest BCUT2D eigenvalue weighted by Crippen LogP contribution is 2.42. The van der Waals surface area contributed by atoms with Crippen LogP contribution in [-0.2, 0) is 22.8 Å². The molecule has 1 aliphatic heterocycles. The van der Waals surface area contributed by atoms with Crippen LogP contribution in [0.1, 0.15) is 37.9 Å². The Morgan fingerprint density at radius 2 is 1.83 bits per heavy atom. The Kier molecular flexibility index (Phi) is 7.46. The Bertz CT molecular complexity index is 1190.